The van der Waals surface area contributed by atoms with Gasteiger partial charge in [-0.3, -0.25) is 9.78 Å². The molecule has 1 fully saturated rings. The smallest absolute Gasteiger partial charge is 0.252 e. The van der Waals surface area contributed by atoms with Crippen molar-refractivity contribution in [2.45, 2.75) is 25.7 Å². The van der Waals surface area contributed by atoms with Gasteiger partial charge in [-0.2, -0.15) is 0 Å². The maximum absolute atomic E-state index is 12.0. The normalized spacial score (nSPS) is 23.1. The van der Waals surface area contributed by atoms with Gasteiger partial charge in [0.2, 0.25) is 0 Å². The van der Waals surface area contributed by atoms with Crippen LogP contribution in [0.3, 0.4) is 0 Å². The summed E-state index contributed by atoms with van der Waals surface area (Å²) >= 11 is 11.9. The summed E-state index contributed by atoms with van der Waals surface area (Å²) in [7, 11) is 0. The minimum absolute atomic E-state index is 0.133. The Morgan fingerprint density at radius 3 is 2.79 bits per heavy atom. The first kappa shape index (κ1) is 14.6. The summed E-state index contributed by atoms with van der Waals surface area (Å²) in [5.41, 5.74) is 0.481. The average Bonchev–Trinajstić information content (AvgIpc) is 2.45. The Morgan fingerprint density at radius 2 is 2.11 bits per heavy atom. The number of carbonyl (C=O) groups is 1. The van der Waals surface area contributed by atoms with Gasteiger partial charge in [0.15, 0.2) is 0 Å². The second-order valence-corrected chi connectivity index (χ2v) is 5.74. The molecule has 0 spiro atoms. The van der Waals surface area contributed by atoms with E-state index in [1.807, 2.05) is 0 Å². The topological polar surface area (TPSA) is 42.0 Å². The largest absolute Gasteiger partial charge is 0.352 e. The van der Waals surface area contributed by atoms with Gasteiger partial charge in [-0.1, -0.05) is 24.4 Å². The number of halogens is 2. The standard InChI is InChI=1S/C14H18Cl2N2O/c15-7-10-3-1-2-4-11(10)8-18-14(19)12-5-6-17-9-13(12)16/h5-6,9-11H,1-4,7-8H2,(H,18,19). The zero-order valence-electron chi connectivity index (χ0n) is 10.7. The number of alkyl halides is 1. The Hall–Kier alpha value is -0.800. The minimum Gasteiger partial charge on any atom is -0.352 e. The lowest BCUT2D eigenvalue weighted by Crippen LogP contribution is -2.35. The molecule has 0 aliphatic heterocycles. The maximum Gasteiger partial charge on any atom is 0.252 e. The van der Waals surface area contributed by atoms with Crippen molar-refractivity contribution < 1.29 is 4.79 Å². The van der Waals surface area contributed by atoms with E-state index < -0.39 is 0 Å². The molecule has 5 heteroatoms. The van der Waals surface area contributed by atoms with Crippen LogP contribution < -0.4 is 5.32 Å². The summed E-state index contributed by atoms with van der Waals surface area (Å²) in [6.07, 6.45) is 7.84. The number of amides is 1. The Morgan fingerprint density at radius 1 is 1.37 bits per heavy atom. The monoisotopic (exact) mass is 300 g/mol. The van der Waals surface area contributed by atoms with Crippen LogP contribution >= 0.6 is 23.2 Å². The van der Waals surface area contributed by atoms with E-state index in [2.05, 4.69) is 10.3 Å². The SMILES string of the molecule is O=C(NCC1CCCCC1CCl)c1ccncc1Cl. The van der Waals surface area contributed by atoms with Crippen LogP contribution in [0.2, 0.25) is 5.02 Å². The van der Waals surface area contributed by atoms with Crippen molar-refractivity contribution in [3.05, 3.63) is 29.0 Å². The number of rotatable bonds is 4. The van der Waals surface area contributed by atoms with Gasteiger partial charge in [-0.15, -0.1) is 11.6 Å². The van der Waals surface area contributed by atoms with Crippen molar-refractivity contribution in [1.29, 1.82) is 0 Å². The first-order chi connectivity index (χ1) is 9.22. The lowest BCUT2D eigenvalue weighted by Gasteiger charge is -2.30. The summed E-state index contributed by atoms with van der Waals surface area (Å²) < 4.78 is 0. The molecule has 0 aromatic carbocycles. The number of nitrogens with zero attached hydrogens (tertiary/aromatic N) is 1. The van der Waals surface area contributed by atoms with Gasteiger partial charge in [0.05, 0.1) is 10.6 Å². The van der Waals surface area contributed by atoms with Crippen LogP contribution in [0.5, 0.6) is 0 Å². The first-order valence-electron chi connectivity index (χ1n) is 6.66. The second kappa shape index (κ2) is 7.11. The molecule has 1 aromatic heterocycles. The van der Waals surface area contributed by atoms with Gasteiger partial charge in [0.25, 0.3) is 5.91 Å². The van der Waals surface area contributed by atoms with Gasteiger partial charge >= 0.3 is 0 Å². The van der Waals surface area contributed by atoms with Crippen LogP contribution in [0.25, 0.3) is 0 Å². The number of nitrogens with one attached hydrogen (secondary N) is 1. The van der Waals surface area contributed by atoms with E-state index in [1.165, 1.54) is 25.5 Å². The number of hydrogen-bond donors (Lipinski definition) is 1. The van der Waals surface area contributed by atoms with Crippen molar-refractivity contribution in [2.75, 3.05) is 12.4 Å². The molecular weight excluding hydrogens is 283 g/mol. The Balaban J connectivity index is 1.91. The van der Waals surface area contributed by atoms with E-state index in [0.29, 0.717) is 34.8 Å². The van der Waals surface area contributed by atoms with Gasteiger partial charge < -0.3 is 5.32 Å². The molecule has 2 rings (SSSR count). The predicted molar refractivity (Wildman–Crippen MR) is 77.7 cm³/mol. The summed E-state index contributed by atoms with van der Waals surface area (Å²) in [5, 5.41) is 3.35. The third kappa shape index (κ3) is 3.83. The zero-order valence-corrected chi connectivity index (χ0v) is 12.3. The Kier molecular flexibility index (Phi) is 5.46. The molecule has 1 saturated carbocycles. The lowest BCUT2D eigenvalue weighted by molar-refractivity contribution is 0.0937. The number of carbonyl (C=O) groups excluding carboxylic acids is 1. The Bertz CT molecular complexity index is 439. The highest BCUT2D eigenvalue weighted by molar-refractivity contribution is 6.33. The van der Waals surface area contributed by atoms with Crippen molar-refractivity contribution in [2.24, 2.45) is 11.8 Å². The quantitative estimate of drug-likeness (QED) is 0.865. The van der Waals surface area contributed by atoms with Crippen LogP contribution in [0.4, 0.5) is 0 Å². The van der Waals surface area contributed by atoms with Crippen LogP contribution in [0, 0.1) is 11.8 Å². The van der Waals surface area contributed by atoms with E-state index in [9.17, 15) is 4.79 Å². The van der Waals surface area contributed by atoms with Crippen molar-refractivity contribution in [3.63, 3.8) is 0 Å². The summed E-state index contributed by atoms with van der Waals surface area (Å²) in [5.74, 6) is 1.54. The third-order valence-corrected chi connectivity index (χ3v) is 4.50. The fourth-order valence-corrected chi connectivity index (χ4v) is 3.25. The molecule has 1 aromatic rings. The third-order valence-electron chi connectivity index (χ3n) is 3.81. The highest BCUT2D eigenvalue weighted by Gasteiger charge is 2.24. The van der Waals surface area contributed by atoms with E-state index in [-0.39, 0.29) is 5.91 Å². The highest BCUT2D eigenvalue weighted by Crippen LogP contribution is 2.30. The molecule has 0 radical (unpaired) electrons. The lowest BCUT2D eigenvalue weighted by atomic mass is 9.80. The van der Waals surface area contributed by atoms with Crippen LogP contribution in [0.15, 0.2) is 18.5 Å². The average molecular weight is 301 g/mol. The molecule has 1 heterocycles. The van der Waals surface area contributed by atoms with Gasteiger partial charge in [-0.05, 0) is 30.7 Å². The van der Waals surface area contributed by atoms with E-state index in [1.54, 1.807) is 12.3 Å². The van der Waals surface area contributed by atoms with Gasteiger partial charge in [0, 0.05) is 24.8 Å². The molecular formula is C14H18Cl2N2O. The molecule has 0 bridgehead atoms. The van der Waals surface area contributed by atoms with E-state index in [4.69, 9.17) is 23.2 Å². The fraction of sp³-hybridized carbons (Fsp3) is 0.571. The number of pyridine rings is 1. The maximum atomic E-state index is 12.0. The van der Waals surface area contributed by atoms with Crippen LogP contribution in [-0.4, -0.2) is 23.3 Å². The molecule has 1 amide bonds. The predicted octanol–water partition coefficient (Wildman–Crippen LogP) is 3.51. The van der Waals surface area contributed by atoms with Crippen LogP contribution in [-0.2, 0) is 0 Å². The molecule has 3 nitrogen and oxygen atoms in total. The Labute approximate surface area is 123 Å². The number of hydrogen-bond acceptors (Lipinski definition) is 2. The van der Waals surface area contributed by atoms with Crippen LogP contribution in [0.1, 0.15) is 36.0 Å². The number of aromatic nitrogens is 1. The summed E-state index contributed by atoms with van der Waals surface area (Å²) in [6.45, 7) is 0.675. The van der Waals surface area contributed by atoms with Crippen molar-refractivity contribution in [1.82, 2.24) is 10.3 Å². The van der Waals surface area contributed by atoms with E-state index in [0.717, 1.165) is 6.42 Å². The van der Waals surface area contributed by atoms with Gasteiger partial charge in [-0.25, -0.2) is 0 Å². The van der Waals surface area contributed by atoms with Crippen molar-refractivity contribution in [3.8, 4) is 0 Å². The second-order valence-electron chi connectivity index (χ2n) is 5.02. The molecule has 2 atom stereocenters. The van der Waals surface area contributed by atoms with E-state index >= 15 is 0 Å². The molecule has 104 valence electrons. The first-order valence-corrected chi connectivity index (χ1v) is 7.57. The molecule has 19 heavy (non-hydrogen) atoms. The minimum atomic E-state index is -0.133. The van der Waals surface area contributed by atoms with Crippen molar-refractivity contribution >= 4 is 29.1 Å². The van der Waals surface area contributed by atoms with Gasteiger partial charge in [0.1, 0.15) is 0 Å². The zero-order chi connectivity index (χ0) is 13.7. The highest BCUT2D eigenvalue weighted by atomic mass is 35.5. The molecule has 0 saturated heterocycles. The molecule has 1 aliphatic carbocycles. The summed E-state index contributed by atoms with van der Waals surface area (Å²) in [6, 6.07) is 1.64. The molecule has 1 N–H and O–H groups in total. The molecule has 1 aliphatic rings. The summed E-state index contributed by atoms with van der Waals surface area (Å²) in [4.78, 5) is 15.9. The molecule has 2 unspecified atom stereocenters. The fourth-order valence-electron chi connectivity index (χ4n) is 2.63.